The molecule has 0 bridgehead atoms. The number of carbonyl (C=O) groups excluding carboxylic acids is 2. The number of primary amides is 1. The van der Waals surface area contributed by atoms with Crippen molar-refractivity contribution in [2.24, 2.45) is 12.8 Å². The third kappa shape index (κ3) is 4.45. The standard InChI is InChI=1S/C24H26N7O3Si/c1-5-20(32)30-14-24(35,11-17(30)13-34-4)31-23(26-2)21(22(25)33)19(28-31)9-7-15-6-8-18-16(10-15)12-29(3)27-18/h5-6,8,10,12,17,26H,1,11,13-14H2,2-4H3,(H2,25,33)/q-1/t17-,24-/m1/s1. The number of amides is 2. The zero-order valence-electron chi connectivity index (χ0n) is 19.8. The first-order valence-corrected chi connectivity index (χ1v) is 11.4. The van der Waals surface area contributed by atoms with Crippen LogP contribution in [0.5, 0.6) is 0 Å². The maximum atomic E-state index is 12.5. The fourth-order valence-electron chi connectivity index (χ4n) is 4.48. The highest BCUT2D eigenvalue weighted by molar-refractivity contribution is 6.15. The molecule has 2 atom stereocenters. The van der Waals surface area contributed by atoms with Crippen molar-refractivity contribution in [2.45, 2.75) is 17.6 Å². The van der Waals surface area contributed by atoms with Crippen LogP contribution in [0.4, 0.5) is 5.82 Å². The summed E-state index contributed by atoms with van der Waals surface area (Å²) >= 11 is 0. The molecule has 2 radical (unpaired) electrons. The smallest absolute Gasteiger partial charge is 0.255 e. The van der Waals surface area contributed by atoms with Gasteiger partial charge in [-0.3, -0.25) is 19.0 Å². The van der Waals surface area contributed by atoms with Gasteiger partial charge in [0, 0.05) is 44.9 Å². The van der Waals surface area contributed by atoms with Gasteiger partial charge in [0.1, 0.15) is 11.4 Å². The summed E-state index contributed by atoms with van der Waals surface area (Å²) in [5.41, 5.74) is 7.77. The van der Waals surface area contributed by atoms with Gasteiger partial charge in [0.05, 0.1) is 18.2 Å². The number of anilines is 1. The topological polar surface area (TPSA) is 120 Å². The van der Waals surface area contributed by atoms with E-state index in [-0.39, 0.29) is 29.8 Å². The van der Waals surface area contributed by atoms with Crippen molar-refractivity contribution >= 4 is 38.8 Å². The van der Waals surface area contributed by atoms with Crippen molar-refractivity contribution in [2.75, 3.05) is 32.6 Å². The Morgan fingerprint density at radius 1 is 1.40 bits per heavy atom. The summed E-state index contributed by atoms with van der Waals surface area (Å²) < 4.78 is 8.70. The van der Waals surface area contributed by atoms with Crippen molar-refractivity contribution in [1.82, 2.24) is 24.5 Å². The number of carbonyl (C=O) groups is 2. The van der Waals surface area contributed by atoms with Crippen LogP contribution in [0.25, 0.3) is 10.9 Å². The number of methoxy groups -OCH3 is 1. The summed E-state index contributed by atoms with van der Waals surface area (Å²) in [4.78, 5) is 26.6. The third-order valence-corrected chi connectivity index (χ3v) is 6.56. The van der Waals surface area contributed by atoms with E-state index in [4.69, 9.17) is 10.5 Å². The van der Waals surface area contributed by atoms with Gasteiger partial charge >= 0.3 is 0 Å². The fourth-order valence-corrected chi connectivity index (χ4v) is 5.05. The molecule has 0 spiro atoms. The Balaban J connectivity index is 1.77. The largest absolute Gasteiger partial charge is 0.630 e. The van der Waals surface area contributed by atoms with Crippen molar-refractivity contribution in [3.05, 3.63) is 53.9 Å². The van der Waals surface area contributed by atoms with Crippen molar-refractivity contribution < 1.29 is 14.3 Å². The van der Waals surface area contributed by atoms with Gasteiger partial charge in [0.15, 0.2) is 5.69 Å². The van der Waals surface area contributed by atoms with Crippen molar-refractivity contribution in [3.63, 3.8) is 0 Å². The van der Waals surface area contributed by atoms with Gasteiger partial charge in [-0.05, 0) is 36.6 Å². The van der Waals surface area contributed by atoms with Gasteiger partial charge in [-0.25, -0.2) is 0 Å². The lowest BCUT2D eigenvalue weighted by Crippen LogP contribution is -2.41. The number of likely N-dealkylation sites (tertiary alicyclic amines) is 1. The van der Waals surface area contributed by atoms with Gasteiger partial charge < -0.3 is 30.9 Å². The van der Waals surface area contributed by atoms with Gasteiger partial charge in [-0.15, -0.1) is 5.16 Å². The number of fused-ring (bicyclic) bond motifs is 1. The first kappa shape index (κ1) is 24.2. The quantitative estimate of drug-likeness (QED) is 0.297. The second-order valence-electron chi connectivity index (χ2n) is 8.44. The molecular formula is C24H26N7O3Si-. The highest BCUT2D eigenvalue weighted by Gasteiger charge is 2.39. The van der Waals surface area contributed by atoms with E-state index in [1.807, 2.05) is 31.4 Å². The molecule has 35 heavy (non-hydrogen) atoms. The Hall–Kier alpha value is -3.88. The van der Waals surface area contributed by atoms with Crippen LogP contribution in [0.3, 0.4) is 0 Å². The molecule has 11 heteroatoms. The predicted molar refractivity (Wildman–Crippen MR) is 133 cm³/mol. The fraction of sp³-hybridized carbons (Fsp3) is 0.333. The first-order chi connectivity index (χ1) is 16.7. The second kappa shape index (κ2) is 9.40. The molecule has 2 amide bonds. The normalized spacial score (nSPS) is 19.4. The van der Waals surface area contributed by atoms with E-state index in [0.29, 0.717) is 18.8 Å². The summed E-state index contributed by atoms with van der Waals surface area (Å²) in [5, 5.41) is 12.2. The minimum absolute atomic E-state index is 0.178. The van der Waals surface area contributed by atoms with Gasteiger partial charge in [0.25, 0.3) is 5.91 Å². The molecule has 1 aliphatic rings. The zero-order chi connectivity index (χ0) is 25.3. The third-order valence-electron chi connectivity index (χ3n) is 5.98. The number of hydrogen-bond acceptors (Lipinski definition) is 6. The minimum atomic E-state index is -0.820. The van der Waals surface area contributed by atoms with Crippen LogP contribution < -0.4 is 11.1 Å². The molecule has 3 N–H and O–H groups in total. The first-order valence-electron chi connectivity index (χ1n) is 10.9. The molecule has 1 fully saturated rings. The molecule has 1 aliphatic heterocycles. The Morgan fingerprint density at radius 3 is 2.83 bits per heavy atom. The molecule has 1 saturated heterocycles. The summed E-state index contributed by atoms with van der Waals surface area (Å²) in [6.45, 7) is 4.22. The number of hydrogen-bond donors (Lipinski definition) is 2. The maximum Gasteiger partial charge on any atom is 0.255 e. The Bertz CT molecular complexity index is 1380. The monoisotopic (exact) mass is 488 g/mol. The predicted octanol–water partition coefficient (Wildman–Crippen LogP) is 0.565. The van der Waals surface area contributed by atoms with Gasteiger partial charge in [-0.1, -0.05) is 12.5 Å². The van der Waals surface area contributed by atoms with E-state index in [9.17, 15) is 9.59 Å². The number of benzene rings is 1. The van der Waals surface area contributed by atoms with E-state index in [0.717, 1.165) is 16.5 Å². The molecule has 1 aromatic carbocycles. The molecule has 2 aromatic heterocycles. The van der Waals surface area contributed by atoms with Crippen LogP contribution in [0.15, 0.2) is 37.1 Å². The van der Waals surface area contributed by atoms with Crippen LogP contribution >= 0.6 is 0 Å². The number of aromatic nitrogens is 4. The number of nitrogens with two attached hydrogens (primary N) is 1. The SMILES string of the molecule is C=CC(=O)N1C[C@@]([Si-])(n2nc(C#Cc3ccc4nn(C)cc4c3)c(C(N)=O)c2NC)C[C@@H]1COC. The molecule has 4 rings (SSSR count). The highest BCUT2D eigenvalue weighted by atomic mass is 28.1. The van der Waals surface area contributed by atoms with Crippen molar-refractivity contribution in [3.8, 4) is 11.8 Å². The van der Waals surface area contributed by atoms with Crippen LogP contribution in [0.2, 0.25) is 0 Å². The Kier molecular flexibility index (Phi) is 6.51. The Morgan fingerprint density at radius 2 is 2.17 bits per heavy atom. The summed E-state index contributed by atoms with van der Waals surface area (Å²) in [6.07, 6.45) is 3.66. The maximum absolute atomic E-state index is 12.5. The molecule has 180 valence electrons. The molecule has 0 saturated carbocycles. The summed E-state index contributed by atoms with van der Waals surface area (Å²) in [7, 11) is 8.97. The van der Waals surface area contributed by atoms with Crippen LogP contribution in [-0.2, 0) is 21.7 Å². The number of rotatable bonds is 6. The van der Waals surface area contributed by atoms with E-state index in [1.165, 1.54) is 6.08 Å². The average molecular weight is 489 g/mol. The van der Waals surface area contributed by atoms with E-state index in [1.54, 1.807) is 28.4 Å². The molecule has 0 aliphatic carbocycles. The Labute approximate surface area is 206 Å². The van der Waals surface area contributed by atoms with Crippen molar-refractivity contribution in [1.29, 1.82) is 0 Å². The average Bonchev–Trinajstić information content (AvgIpc) is 3.49. The molecule has 3 aromatic rings. The molecule has 3 heterocycles. The highest BCUT2D eigenvalue weighted by Crippen LogP contribution is 2.35. The van der Waals surface area contributed by atoms with Crippen LogP contribution in [-0.4, -0.2) is 79.9 Å². The number of ether oxygens (including phenoxy) is 1. The molecule has 10 nitrogen and oxygen atoms in total. The summed E-state index contributed by atoms with van der Waals surface area (Å²) in [5.74, 6) is 5.62. The van der Waals surface area contributed by atoms with E-state index in [2.05, 4.69) is 44.2 Å². The van der Waals surface area contributed by atoms with E-state index >= 15 is 0 Å². The van der Waals surface area contributed by atoms with Crippen LogP contribution in [0, 0.1) is 11.8 Å². The lowest BCUT2D eigenvalue weighted by atomic mass is 10.1. The number of aryl methyl sites for hydroxylation is 1. The van der Waals surface area contributed by atoms with Gasteiger partial charge in [0.2, 0.25) is 5.91 Å². The zero-order valence-corrected chi connectivity index (χ0v) is 20.8. The van der Waals surface area contributed by atoms with E-state index < -0.39 is 11.1 Å². The second-order valence-corrected chi connectivity index (χ2v) is 9.37. The lowest BCUT2D eigenvalue weighted by molar-refractivity contribution is -0.127. The lowest BCUT2D eigenvalue weighted by Gasteiger charge is -2.39. The molecule has 0 unspecified atom stereocenters. The number of nitrogens with one attached hydrogen (secondary N) is 1. The summed E-state index contributed by atoms with van der Waals surface area (Å²) in [6, 6.07) is 5.46. The number of nitrogens with zero attached hydrogens (tertiary/aromatic N) is 5. The van der Waals surface area contributed by atoms with Gasteiger partial charge in [-0.2, -0.15) is 10.2 Å². The molecular weight excluding hydrogens is 462 g/mol. The van der Waals surface area contributed by atoms with Crippen LogP contribution in [0.1, 0.15) is 28.0 Å². The minimum Gasteiger partial charge on any atom is -0.630 e.